The number of benzene rings is 2. The van der Waals surface area contributed by atoms with Crippen LogP contribution in [0.1, 0.15) is 17.5 Å². The molecule has 0 saturated heterocycles. The summed E-state index contributed by atoms with van der Waals surface area (Å²) in [6.45, 7) is 0.524. The first-order chi connectivity index (χ1) is 12.6. The maximum Gasteiger partial charge on any atom is 0.231 e. The largest absolute Gasteiger partial charge is 0.309 e. The van der Waals surface area contributed by atoms with E-state index < -0.39 is 5.82 Å². The van der Waals surface area contributed by atoms with E-state index in [1.165, 1.54) is 6.07 Å². The molecule has 4 nitrogen and oxygen atoms in total. The Balaban J connectivity index is 1.55. The van der Waals surface area contributed by atoms with Crippen molar-refractivity contribution in [1.29, 1.82) is 0 Å². The number of anilines is 1. The Labute approximate surface area is 155 Å². The van der Waals surface area contributed by atoms with E-state index in [0.717, 1.165) is 29.7 Å². The van der Waals surface area contributed by atoms with Crippen molar-refractivity contribution in [1.82, 2.24) is 9.78 Å². The van der Waals surface area contributed by atoms with E-state index in [0.29, 0.717) is 17.3 Å². The maximum absolute atomic E-state index is 14.4. The van der Waals surface area contributed by atoms with E-state index in [-0.39, 0.29) is 12.3 Å². The van der Waals surface area contributed by atoms with Gasteiger partial charge in [0.05, 0.1) is 17.8 Å². The highest BCUT2D eigenvalue weighted by atomic mass is 35.5. The van der Waals surface area contributed by atoms with Gasteiger partial charge in [-0.15, -0.1) is 0 Å². The number of hydrogen-bond acceptors (Lipinski definition) is 2. The van der Waals surface area contributed by atoms with E-state index in [2.05, 4.69) is 5.10 Å². The van der Waals surface area contributed by atoms with Crippen molar-refractivity contribution in [3.8, 4) is 5.69 Å². The van der Waals surface area contributed by atoms with Crippen molar-refractivity contribution < 1.29 is 9.18 Å². The third-order valence-electron chi connectivity index (χ3n) is 4.57. The Morgan fingerprint density at radius 3 is 2.77 bits per heavy atom. The molecule has 0 atom stereocenters. The molecule has 0 radical (unpaired) electrons. The molecule has 0 N–H and O–H groups in total. The Morgan fingerprint density at radius 2 is 2.04 bits per heavy atom. The van der Waals surface area contributed by atoms with Crippen molar-refractivity contribution >= 4 is 23.2 Å². The van der Waals surface area contributed by atoms with Gasteiger partial charge in [-0.3, -0.25) is 4.79 Å². The Bertz CT molecular complexity index is 938. The van der Waals surface area contributed by atoms with E-state index in [4.69, 9.17) is 11.6 Å². The highest BCUT2D eigenvalue weighted by molar-refractivity contribution is 6.30. The van der Waals surface area contributed by atoms with Gasteiger partial charge >= 0.3 is 0 Å². The number of fused-ring (bicyclic) bond motifs is 1. The molecule has 0 spiro atoms. The number of halogens is 2. The van der Waals surface area contributed by atoms with Gasteiger partial charge in [-0.2, -0.15) is 5.10 Å². The zero-order chi connectivity index (χ0) is 18.1. The predicted octanol–water partition coefficient (Wildman–Crippen LogP) is 4.19. The van der Waals surface area contributed by atoms with Gasteiger partial charge in [0, 0.05) is 24.0 Å². The smallest absolute Gasteiger partial charge is 0.231 e. The lowest BCUT2D eigenvalue weighted by Gasteiger charge is -2.30. The van der Waals surface area contributed by atoms with Crippen LogP contribution < -0.4 is 4.90 Å². The Hall–Kier alpha value is -2.66. The molecular weight excluding hydrogens is 353 g/mol. The minimum Gasteiger partial charge on any atom is -0.309 e. The van der Waals surface area contributed by atoms with Crippen molar-refractivity contribution in [2.24, 2.45) is 0 Å². The second-order valence-corrected chi connectivity index (χ2v) is 6.77. The molecule has 0 unspecified atom stereocenters. The van der Waals surface area contributed by atoms with Crippen molar-refractivity contribution in [2.45, 2.75) is 19.3 Å². The first-order valence-electron chi connectivity index (χ1n) is 8.49. The van der Waals surface area contributed by atoms with Crippen LogP contribution in [0, 0.1) is 5.82 Å². The zero-order valence-electron chi connectivity index (χ0n) is 14.0. The molecule has 6 heteroatoms. The molecule has 1 amide bonds. The van der Waals surface area contributed by atoms with Gasteiger partial charge in [0.15, 0.2) is 0 Å². The molecular formula is C20H17ClFN3O. The molecule has 4 rings (SSSR count). The number of nitrogens with zero attached hydrogens (tertiary/aromatic N) is 3. The van der Waals surface area contributed by atoms with Crippen molar-refractivity contribution in [2.75, 3.05) is 11.4 Å². The Morgan fingerprint density at radius 1 is 1.23 bits per heavy atom. The van der Waals surface area contributed by atoms with E-state index in [9.17, 15) is 9.18 Å². The summed E-state index contributed by atoms with van der Waals surface area (Å²) >= 11 is 5.95. The van der Waals surface area contributed by atoms with E-state index in [1.54, 1.807) is 21.8 Å². The predicted molar refractivity (Wildman–Crippen MR) is 99.4 cm³/mol. The topological polar surface area (TPSA) is 38.1 Å². The van der Waals surface area contributed by atoms with Crippen LogP contribution in [0.25, 0.3) is 5.69 Å². The molecule has 26 heavy (non-hydrogen) atoms. The molecule has 1 aromatic heterocycles. The summed E-state index contributed by atoms with van der Waals surface area (Å²) in [7, 11) is 0. The van der Waals surface area contributed by atoms with Crippen LogP contribution in [0.3, 0.4) is 0 Å². The summed E-state index contributed by atoms with van der Waals surface area (Å²) < 4.78 is 16.2. The van der Waals surface area contributed by atoms with Crippen LogP contribution in [0.15, 0.2) is 54.9 Å². The molecule has 0 aliphatic carbocycles. The first-order valence-corrected chi connectivity index (χ1v) is 8.87. The highest BCUT2D eigenvalue weighted by Crippen LogP contribution is 2.33. The summed E-state index contributed by atoms with van der Waals surface area (Å²) in [5.41, 5.74) is 2.98. The molecule has 1 aliphatic rings. The third-order valence-corrected chi connectivity index (χ3v) is 4.78. The molecule has 0 bridgehead atoms. The molecule has 132 valence electrons. The zero-order valence-corrected chi connectivity index (χ0v) is 14.8. The monoisotopic (exact) mass is 369 g/mol. The van der Waals surface area contributed by atoms with Gasteiger partial charge in [0.25, 0.3) is 0 Å². The number of carbonyl (C=O) groups is 1. The summed E-state index contributed by atoms with van der Waals surface area (Å²) in [6.07, 6.45) is 5.33. The lowest BCUT2D eigenvalue weighted by atomic mass is 10.00. The molecule has 2 heterocycles. The molecule has 1 aliphatic heterocycles. The standard InChI is InChI=1S/C20H17ClFN3O/c21-16-12-15-3-1-9-24(20(15)18(22)13-16)19(26)11-14-4-6-17(7-5-14)25-10-2-8-23-25/h2,4-8,10,12-13H,1,3,9,11H2. The molecule has 3 aromatic rings. The van der Waals surface area contributed by atoms with E-state index in [1.807, 2.05) is 36.5 Å². The normalized spacial score (nSPS) is 13.5. The van der Waals surface area contributed by atoms with Gasteiger partial charge < -0.3 is 4.90 Å². The van der Waals surface area contributed by atoms with Crippen molar-refractivity contribution in [3.05, 3.63) is 76.8 Å². The lowest BCUT2D eigenvalue weighted by molar-refractivity contribution is -0.118. The van der Waals surface area contributed by atoms with Gasteiger partial charge in [0.2, 0.25) is 5.91 Å². The number of aryl methyl sites for hydroxylation is 1. The van der Waals surface area contributed by atoms with Crippen LogP contribution in [-0.4, -0.2) is 22.2 Å². The minimum absolute atomic E-state index is 0.112. The van der Waals surface area contributed by atoms with Gasteiger partial charge in [0.1, 0.15) is 5.82 Å². The van der Waals surface area contributed by atoms with Crippen molar-refractivity contribution in [3.63, 3.8) is 0 Å². The lowest BCUT2D eigenvalue weighted by Crippen LogP contribution is -2.37. The maximum atomic E-state index is 14.4. The van der Waals surface area contributed by atoms with E-state index >= 15 is 0 Å². The quantitative estimate of drug-likeness (QED) is 0.694. The number of hydrogen-bond donors (Lipinski definition) is 0. The number of amides is 1. The molecule has 0 fully saturated rings. The minimum atomic E-state index is -0.436. The average molecular weight is 370 g/mol. The molecule has 0 saturated carbocycles. The second-order valence-electron chi connectivity index (χ2n) is 6.34. The Kier molecular flexibility index (Phi) is 4.47. The van der Waals surface area contributed by atoms with Crippen LogP contribution in [0.5, 0.6) is 0 Å². The average Bonchev–Trinajstić information content (AvgIpc) is 3.16. The summed E-state index contributed by atoms with van der Waals surface area (Å²) in [6, 6.07) is 12.5. The summed E-state index contributed by atoms with van der Waals surface area (Å²) in [5.74, 6) is -0.548. The number of aromatic nitrogens is 2. The van der Waals surface area contributed by atoms with Crippen LogP contribution in [0.4, 0.5) is 10.1 Å². The second kappa shape index (κ2) is 6.92. The summed E-state index contributed by atoms with van der Waals surface area (Å²) in [5, 5.41) is 4.55. The van der Waals surface area contributed by atoms with Gasteiger partial charge in [-0.1, -0.05) is 23.7 Å². The number of carbonyl (C=O) groups excluding carboxylic acids is 1. The van der Waals surface area contributed by atoms with Gasteiger partial charge in [-0.05, 0) is 54.3 Å². The fraction of sp³-hybridized carbons (Fsp3) is 0.200. The third kappa shape index (κ3) is 3.22. The van der Waals surface area contributed by atoms with Crippen LogP contribution >= 0.6 is 11.6 Å². The summed E-state index contributed by atoms with van der Waals surface area (Å²) in [4.78, 5) is 14.3. The van der Waals surface area contributed by atoms with Crippen LogP contribution in [-0.2, 0) is 17.6 Å². The molecule has 2 aromatic carbocycles. The highest BCUT2D eigenvalue weighted by Gasteiger charge is 2.26. The number of rotatable bonds is 3. The van der Waals surface area contributed by atoms with Gasteiger partial charge in [-0.25, -0.2) is 9.07 Å². The fourth-order valence-corrected chi connectivity index (χ4v) is 3.59. The fourth-order valence-electron chi connectivity index (χ4n) is 3.36. The first kappa shape index (κ1) is 16.8. The van der Waals surface area contributed by atoms with Crippen LogP contribution in [0.2, 0.25) is 5.02 Å². The SMILES string of the molecule is O=C(Cc1ccc(-n2cccn2)cc1)N1CCCc2cc(Cl)cc(F)c21.